The zero-order valence-electron chi connectivity index (χ0n) is 18.0. The average molecular weight is 464 g/mol. The molecule has 172 valence electrons. The van der Waals surface area contributed by atoms with Crippen LogP contribution in [0.15, 0.2) is 47.4 Å². The molecule has 1 fully saturated rings. The molecule has 1 aliphatic heterocycles. The van der Waals surface area contributed by atoms with E-state index in [4.69, 9.17) is 10.5 Å². The number of piperidine rings is 1. The van der Waals surface area contributed by atoms with Gasteiger partial charge < -0.3 is 15.4 Å². The molecule has 10 heteroatoms. The fourth-order valence-corrected chi connectivity index (χ4v) is 5.32. The summed E-state index contributed by atoms with van der Waals surface area (Å²) in [6, 6.07) is 9.61. The van der Waals surface area contributed by atoms with Crippen molar-refractivity contribution < 1.29 is 27.1 Å². The number of carbonyl (C=O) groups excluding carboxylic acids is 2. The Bertz CT molecular complexity index is 1100. The van der Waals surface area contributed by atoms with Crippen LogP contribution in [0.1, 0.15) is 18.4 Å². The Balaban J connectivity index is 1.95. The number of primary amides is 1. The van der Waals surface area contributed by atoms with Crippen LogP contribution in [0.2, 0.25) is 0 Å². The minimum atomic E-state index is -4.23. The number of ether oxygens (including phenoxy) is 1. The number of likely N-dealkylation sites (tertiary alicyclic amines) is 1. The fraction of sp³-hybridized carbons (Fsp3) is 0.364. The fourth-order valence-electron chi connectivity index (χ4n) is 3.66. The molecule has 32 heavy (non-hydrogen) atoms. The molecule has 0 unspecified atom stereocenters. The van der Waals surface area contributed by atoms with Crippen molar-refractivity contribution in [2.75, 3.05) is 31.0 Å². The van der Waals surface area contributed by atoms with E-state index in [9.17, 15) is 22.4 Å². The Morgan fingerprint density at radius 2 is 1.78 bits per heavy atom. The SMILES string of the molecule is COc1ccc(C)cc1S(=O)(=O)N(CC(=O)N1CCC(C(N)=O)CC1)c1ccc(F)cc1. The Morgan fingerprint density at radius 3 is 2.34 bits per heavy atom. The maximum atomic E-state index is 13.6. The predicted molar refractivity (Wildman–Crippen MR) is 117 cm³/mol. The Kier molecular flexibility index (Phi) is 7.02. The van der Waals surface area contributed by atoms with Crippen molar-refractivity contribution in [2.24, 2.45) is 11.7 Å². The average Bonchev–Trinajstić information content (AvgIpc) is 2.78. The molecular formula is C22H26FN3O5S. The smallest absolute Gasteiger partial charge is 0.268 e. The molecule has 0 atom stereocenters. The van der Waals surface area contributed by atoms with E-state index in [-0.39, 0.29) is 22.3 Å². The van der Waals surface area contributed by atoms with Gasteiger partial charge >= 0.3 is 0 Å². The van der Waals surface area contributed by atoms with Crippen LogP contribution < -0.4 is 14.8 Å². The van der Waals surface area contributed by atoms with E-state index in [1.807, 2.05) is 0 Å². The molecule has 8 nitrogen and oxygen atoms in total. The molecular weight excluding hydrogens is 437 g/mol. The summed E-state index contributed by atoms with van der Waals surface area (Å²) < 4.78 is 46.9. The number of nitrogens with two attached hydrogens (primary N) is 1. The number of benzene rings is 2. The van der Waals surface area contributed by atoms with Gasteiger partial charge in [0, 0.05) is 19.0 Å². The summed E-state index contributed by atoms with van der Waals surface area (Å²) in [5, 5.41) is 0. The molecule has 1 aliphatic rings. The van der Waals surface area contributed by atoms with Gasteiger partial charge in [-0.2, -0.15) is 0 Å². The number of hydrogen-bond donors (Lipinski definition) is 1. The van der Waals surface area contributed by atoms with E-state index >= 15 is 0 Å². The summed E-state index contributed by atoms with van der Waals surface area (Å²) in [5.41, 5.74) is 6.19. The van der Waals surface area contributed by atoms with Gasteiger partial charge in [-0.15, -0.1) is 0 Å². The zero-order chi connectivity index (χ0) is 23.5. The number of carbonyl (C=O) groups is 2. The summed E-state index contributed by atoms with van der Waals surface area (Å²) in [4.78, 5) is 25.8. The Morgan fingerprint density at radius 1 is 1.16 bits per heavy atom. The second kappa shape index (κ2) is 9.56. The van der Waals surface area contributed by atoms with Gasteiger partial charge in [-0.05, 0) is 61.7 Å². The van der Waals surface area contributed by atoms with Gasteiger partial charge in [0.1, 0.15) is 23.0 Å². The lowest BCUT2D eigenvalue weighted by molar-refractivity contribution is -0.133. The molecule has 0 bridgehead atoms. The van der Waals surface area contributed by atoms with E-state index in [0.717, 1.165) is 16.4 Å². The highest BCUT2D eigenvalue weighted by atomic mass is 32.2. The molecule has 3 rings (SSSR count). The maximum absolute atomic E-state index is 13.6. The quantitative estimate of drug-likeness (QED) is 0.676. The molecule has 2 aromatic carbocycles. The van der Waals surface area contributed by atoms with E-state index in [0.29, 0.717) is 31.5 Å². The first-order valence-corrected chi connectivity index (χ1v) is 11.6. The van der Waals surface area contributed by atoms with Crippen LogP contribution in [-0.2, 0) is 19.6 Å². The van der Waals surface area contributed by atoms with Crippen molar-refractivity contribution >= 4 is 27.5 Å². The van der Waals surface area contributed by atoms with Gasteiger partial charge in [0.15, 0.2) is 0 Å². The van der Waals surface area contributed by atoms with Crippen LogP contribution in [0.5, 0.6) is 5.75 Å². The van der Waals surface area contributed by atoms with Crippen LogP contribution in [0.25, 0.3) is 0 Å². The number of anilines is 1. The largest absolute Gasteiger partial charge is 0.495 e. The molecule has 0 aromatic heterocycles. The van der Waals surface area contributed by atoms with Crippen LogP contribution >= 0.6 is 0 Å². The van der Waals surface area contributed by atoms with Crippen molar-refractivity contribution in [3.8, 4) is 5.75 Å². The second-order valence-corrected chi connectivity index (χ2v) is 9.53. The van der Waals surface area contributed by atoms with Crippen LogP contribution in [-0.4, -0.2) is 51.9 Å². The van der Waals surface area contributed by atoms with Gasteiger partial charge in [-0.1, -0.05) is 6.07 Å². The van der Waals surface area contributed by atoms with Crippen molar-refractivity contribution in [2.45, 2.75) is 24.7 Å². The zero-order valence-corrected chi connectivity index (χ0v) is 18.8. The van der Waals surface area contributed by atoms with Gasteiger partial charge in [0.05, 0.1) is 12.8 Å². The van der Waals surface area contributed by atoms with Crippen LogP contribution in [0.3, 0.4) is 0 Å². The highest BCUT2D eigenvalue weighted by Gasteiger charge is 2.33. The normalized spacial score (nSPS) is 14.8. The Labute approximate surface area is 186 Å². The standard InChI is InChI=1S/C22H26FN3O5S/c1-15-3-8-19(31-2)20(13-15)32(29,30)26(18-6-4-17(23)5-7-18)14-21(27)25-11-9-16(10-12-25)22(24)28/h3-8,13,16H,9-12,14H2,1-2H3,(H2,24,28). The van der Waals surface area contributed by atoms with Crippen LogP contribution in [0.4, 0.5) is 10.1 Å². The third-order valence-corrected chi connectivity index (χ3v) is 7.33. The summed E-state index contributed by atoms with van der Waals surface area (Å²) >= 11 is 0. The predicted octanol–water partition coefficient (Wildman–Crippen LogP) is 2.06. The molecule has 0 radical (unpaired) electrons. The van der Waals surface area contributed by atoms with Gasteiger partial charge in [0.25, 0.3) is 10.0 Å². The molecule has 0 spiro atoms. The molecule has 2 N–H and O–H groups in total. The molecule has 0 aliphatic carbocycles. The van der Waals surface area contributed by atoms with Crippen molar-refractivity contribution in [3.63, 3.8) is 0 Å². The molecule has 0 saturated carbocycles. The minimum absolute atomic E-state index is 0.0930. The summed E-state index contributed by atoms with van der Waals surface area (Å²) in [5.74, 6) is -1.52. The number of rotatable bonds is 7. The lowest BCUT2D eigenvalue weighted by Crippen LogP contribution is -2.47. The lowest BCUT2D eigenvalue weighted by Gasteiger charge is -2.33. The van der Waals surface area contributed by atoms with Crippen molar-refractivity contribution in [3.05, 3.63) is 53.8 Å². The third-order valence-electron chi connectivity index (χ3n) is 5.53. The summed E-state index contributed by atoms with van der Waals surface area (Å²) in [6.07, 6.45) is 0.853. The molecule has 1 heterocycles. The number of methoxy groups -OCH3 is 1. The van der Waals surface area contributed by atoms with Crippen molar-refractivity contribution in [1.29, 1.82) is 0 Å². The van der Waals surface area contributed by atoms with E-state index < -0.39 is 34.2 Å². The number of nitrogens with zero attached hydrogens (tertiary/aromatic N) is 2. The summed E-state index contributed by atoms with van der Waals surface area (Å²) in [6.45, 7) is 1.87. The van der Waals surface area contributed by atoms with Gasteiger partial charge in [0.2, 0.25) is 11.8 Å². The van der Waals surface area contributed by atoms with Crippen LogP contribution in [0, 0.1) is 18.7 Å². The Hall–Kier alpha value is -3.14. The summed E-state index contributed by atoms with van der Waals surface area (Å²) in [7, 11) is -2.86. The van der Waals surface area contributed by atoms with E-state index in [2.05, 4.69) is 0 Å². The first-order chi connectivity index (χ1) is 15.1. The molecule has 2 amide bonds. The minimum Gasteiger partial charge on any atom is -0.495 e. The first-order valence-electron chi connectivity index (χ1n) is 10.1. The number of amides is 2. The highest BCUT2D eigenvalue weighted by molar-refractivity contribution is 7.93. The second-order valence-electron chi connectivity index (χ2n) is 7.70. The van der Waals surface area contributed by atoms with Gasteiger partial charge in [-0.3, -0.25) is 13.9 Å². The number of hydrogen-bond acceptors (Lipinski definition) is 5. The monoisotopic (exact) mass is 463 g/mol. The highest BCUT2D eigenvalue weighted by Crippen LogP contribution is 2.31. The number of aryl methyl sites for hydroxylation is 1. The van der Waals surface area contributed by atoms with E-state index in [1.165, 1.54) is 30.2 Å². The van der Waals surface area contributed by atoms with E-state index in [1.54, 1.807) is 19.1 Å². The molecule has 1 saturated heterocycles. The molecule has 2 aromatic rings. The number of sulfonamides is 1. The van der Waals surface area contributed by atoms with Crippen molar-refractivity contribution in [1.82, 2.24) is 4.90 Å². The third kappa shape index (κ3) is 5.01. The number of halogens is 1. The maximum Gasteiger partial charge on any atom is 0.268 e. The first kappa shape index (κ1) is 23.5. The lowest BCUT2D eigenvalue weighted by atomic mass is 9.96. The topological polar surface area (TPSA) is 110 Å². The van der Waals surface area contributed by atoms with Gasteiger partial charge in [-0.25, -0.2) is 12.8 Å².